The number of amides is 1. The van der Waals surface area contributed by atoms with Crippen LogP contribution in [0.15, 0.2) is 59.7 Å². The zero-order valence-corrected chi connectivity index (χ0v) is 20.0. The van der Waals surface area contributed by atoms with Crippen molar-refractivity contribution in [1.29, 1.82) is 5.26 Å². The Morgan fingerprint density at radius 3 is 2.39 bits per heavy atom. The Hall–Kier alpha value is -2.59. The van der Waals surface area contributed by atoms with E-state index in [-0.39, 0.29) is 16.9 Å². The zero-order chi connectivity index (χ0) is 22.4. The van der Waals surface area contributed by atoms with Gasteiger partial charge in [0.25, 0.3) is 5.91 Å². The van der Waals surface area contributed by atoms with Crippen molar-refractivity contribution in [2.75, 3.05) is 0 Å². The Morgan fingerprint density at radius 2 is 1.77 bits per heavy atom. The normalized spacial score (nSPS) is 10.7. The molecule has 1 N–H and O–H groups in total. The van der Waals surface area contributed by atoms with Crippen molar-refractivity contribution in [1.82, 2.24) is 5.43 Å². The summed E-state index contributed by atoms with van der Waals surface area (Å²) >= 11 is 4.26. The van der Waals surface area contributed by atoms with Gasteiger partial charge in [0, 0.05) is 0 Å². The van der Waals surface area contributed by atoms with E-state index in [1.165, 1.54) is 30.5 Å². The molecule has 156 valence electrons. The molecular weight excluding hydrogens is 630 g/mol. The van der Waals surface area contributed by atoms with Crippen LogP contribution < -0.4 is 10.2 Å². The quantitative estimate of drug-likeness (QED) is 0.223. The van der Waals surface area contributed by atoms with Gasteiger partial charge in [0.2, 0.25) is 0 Å². The van der Waals surface area contributed by atoms with E-state index in [1.807, 2.05) is 12.1 Å². The van der Waals surface area contributed by atoms with E-state index in [4.69, 9.17) is 10.00 Å². The van der Waals surface area contributed by atoms with Crippen LogP contribution in [0.1, 0.15) is 27.0 Å². The van der Waals surface area contributed by atoms with Crippen LogP contribution in [0.4, 0.5) is 8.78 Å². The molecule has 0 aliphatic carbocycles. The average molecular weight is 643 g/mol. The minimum atomic E-state index is -0.793. The van der Waals surface area contributed by atoms with E-state index in [9.17, 15) is 13.6 Å². The van der Waals surface area contributed by atoms with Crippen molar-refractivity contribution < 1.29 is 18.3 Å². The Kier molecular flexibility index (Phi) is 7.91. The van der Waals surface area contributed by atoms with E-state index in [0.717, 1.165) is 18.8 Å². The summed E-state index contributed by atoms with van der Waals surface area (Å²) in [5.41, 5.74) is 3.75. The molecule has 3 aromatic carbocycles. The van der Waals surface area contributed by atoms with Crippen molar-refractivity contribution in [3.8, 4) is 11.8 Å². The average Bonchev–Trinajstić information content (AvgIpc) is 2.74. The molecule has 3 rings (SSSR count). The van der Waals surface area contributed by atoms with Crippen LogP contribution in [-0.2, 0) is 6.61 Å². The van der Waals surface area contributed by atoms with E-state index in [0.29, 0.717) is 17.9 Å². The fraction of sp³-hybridized carbons (Fsp3) is 0.0455. The molecule has 5 nitrogen and oxygen atoms in total. The maximum absolute atomic E-state index is 13.9. The van der Waals surface area contributed by atoms with Crippen molar-refractivity contribution in [3.63, 3.8) is 0 Å². The van der Waals surface area contributed by atoms with Crippen LogP contribution in [0.25, 0.3) is 0 Å². The summed E-state index contributed by atoms with van der Waals surface area (Å²) in [6.45, 7) is 0.298. The van der Waals surface area contributed by atoms with Crippen molar-refractivity contribution in [2.45, 2.75) is 6.61 Å². The van der Waals surface area contributed by atoms with Crippen LogP contribution in [0, 0.1) is 30.1 Å². The smallest absolute Gasteiger partial charge is 0.274 e. The lowest BCUT2D eigenvalue weighted by molar-refractivity contribution is 0.0951. The van der Waals surface area contributed by atoms with Gasteiger partial charge in [0.1, 0.15) is 24.0 Å². The molecule has 0 aliphatic rings. The summed E-state index contributed by atoms with van der Waals surface area (Å²) in [6.07, 6.45) is 1.44. The third-order valence-electron chi connectivity index (χ3n) is 4.04. The highest BCUT2D eigenvalue weighted by Gasteiger charge is 2.12. The Labute approximate surface area is 204 Å². The molecule has 0 saturated carbocycles. The summed E-state index contributed by atoms with van der Waals surface area (Å²) in [5.74, 6) is -1.13. The molecule has 9 heteroatoms. The number of hydrazone groups is 1. The number of carbonyl (C=O) groups excluding carboxylic acids is 1. The van der Waals surface area contributed by atoms with Gasteiger partial charge < -0.3 is 4.74 Å². The minimum absolute atomic E-state index is 0.128. The van der Waals surface area contributed by atoms with Crippen molar-refractivity contribution in [2.24, 2.45) is 5.10 Å². The number of nitrogens with one attached hydrogen (secondary N) is 1. The van der Waals surface area contributed by atoms with Gasteiger partial charge in [-0.1, -0.05) is 12.1 Å². The lowest BCUT2D eigenvalue weighted by Crippen LogP contribution is -2.19. The van der Waals surface area contributed by atoms with Gasteiger partial charge in [0.15, 0.2) is 0 Å². The standard InChI is InChI=1S/C22H13F2I2N3O2/c23-16-4-1-13(2-5-16)12-31-21-19(25)8-15(9-20(21)26)11-28-29-22(30)17-6-3-14(10-27)7-18(17)24/h1-9,11H,12H2,(H,29,30)/b28-11-. The second-order valence-electron chi connectivity index (χ2n) is 6.23. The topological polar surface area (TPSA) is 74.5 Å². The summed E-state index contributed by atoms with van der Waals surface area (Å²) in [4.78, 5) is 12.1. The first-order chi connectivity index (χ1) is 14.9. The fourth-order valence-corrected chi connectivity index (χ4v) is 4.65. The molecule has 1 amide bonds. The van der Waals surface area contributed by atoms with Gasteiger partial charge in [-0.2, -0.15) is 10.4 Å². The number of hydrogen-bond donors (Lipinski definition) is 1. The molecule has 0 unspecified atom stereocenters. The minimum Gasteiger partial charge on any atom is -0.487 e. The highest BCUT2D eigenvalue weighted by Crippen LogP contribution is 2.29. The Bertz CT molecular complexity index is 1170. The SMILES string of the molecule is N#Cc1ccc(C(=O)N/N=C\c2cc(I)c(OCc3ccc(F)cc3)c(I)c2)c(F)c1. The molecule has 31 heavy (non-hydrogen) atoms. The molecule has 0 heterocycles. The molecule has 0 fully saturated rings. The maximum Gasteiger partial charge on any atom is 0.274 e. The van der Waals surface area contributed by atoms with E-state index in [2.05, 4.69) is 55.7 Å². The monoisotopic (exact) mass is 643 g/mol. The second kappa shape index (κ2) is 10.6. The summed E-state index contributed by atoms with van der Waals surface area (Å²) in [5, 5.41) is 12.6. The molecule has 0 spiro atoms. The van der Waals surface area contributed by atoms with E-state index in [1.54, 1.807) is 18.2 Å². The lowest BCUT2D eigenvalue weighted by Gasteiger charge is -2.11. The number of nitriles is 1. The van der Waals surface area contributed by atoms with Gasteiger partial charge in [-0.3, -0.25) is 4.79 Å². The second-order valence-corrected chi connectivity index (χ2v) is 8.56. The highest BCUT2D eigenvalue weighted by molar-refractivity contribution is 14.1. The van der Waals surface area contributed by atoms with Crippen LogP contribution in [0.2, 0.25) is 0 Å². The van der Waals surface area contributed by atoms with Crippen LogP contribution in [0.3, 0.4) is 0 Å². The van der Waals surface area contributed by atoms with Gasteiger partial charge >= 0.3 is 0 Å². The Balaban J connectivity index is 1.65. The lowest BCUT2D eigenvalue weighted by atomic mass is 10.1. The molecule has 0 bridgehead atoms. The third-order valence-corrected chi connectivity index (χ3v) is 5.64. The molecule has 3 aromatic rings. The van der Waals surface area contributed by atoms with Crippen molar-refractivity contribution >= 4 is 57.3 Å². The largest absolute Gasteiger partial charge is 0.487 e. The number of nitrogens with zero attached hydrogens (tertiary/aromatic N) is 2. The number of rotatable bonds is 6. The Morgan fingerprint density at radius 1 is 1.10 bits per heavy atom. The van der Waals surface area contributed by atoms with Crippen LogP contribution in [-0.4, -0.2) is 12.1 Å². The van der Waals surface area contributed by atoms with E-state index >= 15 is 0 Å². The fourth-order valence-electron chi connectivity index (χ4n) is 2.52. The molecule has 0 saturated heterocycles. The molecule has 0 radical (unpaired) electrons. The number of hydrogen-bond acceptors (Lipinski definition) is 4. The van der Waals surface area contributed by atoms with E-state index < -0.39 is 11.7 Å². The summed E-state index contributed by atoms with van der Waals surface area (Å²) < 4.78 is 34.4. The van der Waals surface area contributed by atoms with Gasteiger partial charge in [-0.05, 0) is 98.8 Å². The van der Waals surface area contributed by atoms with Crippen LogP contribution in [0.5, 0.6) is 5.75 Å². The van der Waals surface area contributed by atoms with Gasteiger partial charge in [-0.15, -0.1) is 0 Å². The maximum atomic E-state index is 13.9. The number of benzene rings is 3. The highest BCUT2D eigenvalue weighted by atomic mass is 127. The molecular formula is C22H13F2I2N3O2. The predicted molar refractivity (Wildman–Crippen MR) is 129 cm³/mol. The number of ether oxygens (including phenoxy) is 1. The van der Waals surface area contributed by atoms with Gasteiger partial charge in [0.05, 0.1) is 30.6 Å². The number of halogens is 4. The summed E-state index contributed by atoms with van der Waals surface area (Å²) in [6, 6.07) is 15.1. The molecule has 0 atom stereocenters. The van der Waals surface area contributed by atoms with Crippen LogP contribution >= 0.6 is 45.2 Å². The first kappa shape index (κ1) is 23.1. The third kappa shape index (κ3) is 6.20. The molecule has 0 aromatic heterocycles. The summed E-state index contributed by atoms with van der Waals surface area (Å²) in [7, 11) is 0. The molecule has 0 aliphatic heterocycles. The van der Waals surface area contributed by atoms with Gasteiger partial charge in [-0.25, -0.2) is 14.2 Å². The first-order valence-corrected chi connectivity index (χ1v) is 10.9. The number of carbonyl (C=O) groups is 1. The van der Waals surface area contributed by atoms with Crippen molar-refractivity contribution in [3.05, 3.63) is 95.6 Å². The zero-order valence-electron chi connectivity index (χ0n) is 15.7. The predicted octanol–water partition coefficient (Wildman–Crippen LogP) is 5.39. The first-order valence-electron chi connectivity index (χ1n) is 8.76.